The third kappa shape index (κ3) is 4.10. The molecule has 0 aliphatic heterocycles. The number of amides is 1. The van der Waals surface area contributed by atoms with Crippen LogP contribution in [0.4, 0.5) is 0 Å². The Hall–Kier alpha value is -1.29. The Kier molecular flexibility index (Phi) is 4.86. The fraction of sp³-hybridized carbons (Fsp3) is 0.688. The van der Waals surface area contributed by atoms with Crippen molar-refractivity contribution in [2.24, 2.45) is 5.92 Å². The lowest BCUT2D eigenvalue weighted by atomic mass is 10.0. The fourth-order valence-corrected chi connectivity index (χ4v) is 2.80. The summed E-state index contributed by atoms with van der Waals surface area (Å²) in [5.74, 6) is 1.98. The molecule has 1 aromatic heterocycles. The minimum atomic E-state index is -1.16. The molecule has 112 valence electrons. The van der Waals surface area contributed by atoms with Crippen molar-refractivity contribution in [2.75, 3.05) is 6.54 Å². The van der Waals surface area contributed by atoms with Gasteiger partial charge in [0.05, 0.1) is 6.54 Å². The molecule has 0 bridgehead atoms. The first kappa shape index (κ1) is 15.1. The molecule has 1 unspecified atom stereocenters. The summed E-state index contributed by atoms with van der Waals surface area (Å²) in [5.41, 5.74) is -1.16. The van der Waals surface area contributed by atoms with E-state index in [2.05, 4.69) is 5.32 Å². The summed E-state index contributed by atoms with van der Waals surface area (Å²) in [6.45, 7) is 3.67. The Morgan fingerprint density at radius 3 is 2.75 bits per heavy atom. The van der Waals surface area contributed by atoms with Gasteiger partial charge in [-0.1, -0.05) is 25.7 Å². The van der Waals surface area contributed by atoms with Gasteiger partial charge in [-0.3, -0.25) is 4.79 Å². The number of aryl methyl sites for hydroxylation is 1. The highest BCUT2D eigenvalue weighted by Gasteiger charge is 2.27. The van der Waals surface area contributed by atoms with Crippen LogP contribution in [0.15, 0.2) is 16.5 Å². The Morgan fingerprint density at radius 1 is 1.45 bits per heavy atom. The molecule has 4 heteroatoms. The molecule has 2 rings (SSSR count). The minimum absolute atomic E-state index is 0.0143. The maximum atomic E-state index is 11.8. The van der Waals surface area contributed by atoms with Crippen LogP contribution in [0, 0.1) is 12.8 Å². The largest absolute Gasteiger partial charge is 0.463 e. The average molecular weight is 279 g/mol. The van der Waals surface area contributed by atoms with E-state index in [9.17, 15) is 9.90 Å². The van der Waals surface area contributed by atoms with Crippen LogP contribution in [0.5, 0.6) is 0 Å². The topological polar surface area (TPSA) is 62.5 Å². The molecular formula is C16H25NO3. The van der Waals surface area contributed by atoms with Gasteiger partial charge in [0.15, 0.2) is 0 Å². The van der Waals surface area contributed by atoms with Crippen LogP contribution in [-0.4, -0.2) is 17.6 Å². The third-order valence-electron chi connectivity index (χ3n) is 4.16. The molecule has 1 atom stereocenters. The van der Waals surface area contributed by atoms with Crippen molar-refractivity contribution >= 4 is 5.91 Å². The van der Waals surface area contributed by atoms with Crippen LogP contribution < -0.4 is 5.32 Å². The standard InChI is InChI=1S/C16H25NO3/c1-12-7-9-14(20-12)16(2,19)11-17-15(18)10-8-13-5-3-4-6-13/h7,9,13,19H,3-6,8,10-11H2,1-2H3,(H,17,18). The molecule has 1 heterocycles. The molecule has 1 fully saturated rings. The number of hydrogen-bond donors (Lipinski definition) is 2. The second kappa shape index (κ2) is 6.44. The van der Waals surface area contributed by atoms with Crippen LogP contribution in [0.3, 0.4) is 0 Å². The first-order valence-electron chi connectivity index (χ1n) is 7.53. The lowest BCUT2D eigenvalue weighted by Gasteiger charge is -2.21. The summed E-state index contributed by atoms with van der Waals surface area (Å²) >= 11 is 0. The number of carbonyl (C=O) groups excluding carboxylic acids is 1. The average Bonchev–Trinajstić information content (AvgIpc) is 3.05. The summed E-state index contributed by atoms with van der Waals surface area (Å²) in [4.78, 5) is 11.8. The zero-order chi connectivity index (χ0) is 14.6. The van der Waals surface area contributed by atoms with Crippen molar-refractivity contribution in [1.82, 2.24) is 5.32 Å². The summed E-state index contributed by atoms with van der Waals surface area (Å²) in [7, 11) is 0. The zero-order valence-corrected chi connectivity index (χ0v) is 12.4. The molecule has 0 spiro atoms. The Balaban J connectivity index is 1.74. The Labute approximate surface area is 120 Å². The number of nitrogens with one attached hydrogen (secondary N) is 1. The Morgan fingerprint density at radius 2 is 2.15 bits per heavy atom. The van der Waals surface area contributed by atoms with Crippen LogP contribution >= 0.6 is 0 Å². The number of aliphatic hydroxyl groups is 1. The maximum Gasteiger partial charge on any atom is 0.220 e. The predicted octanol–water partition coefficient (Wildman–Crippen LogP) is 2.88. The lowest BCUT2D eigenvalue weighted by Crippen LogP contribution is -2.38. The van der Waals surface area contributed by atoms with E-state index >= 15 is 0 Å². The summed E-state index contributed by atoms with van der Waals surface area (Å²) in [6, 6.07) is 3.56. The highest BCUT2D eigenvalue weighted by atomic mass is 16.4. The van der Waals surface area contributed by atoms with Crippen molar-refractivity contribution in [3.8, 4) is 0 Å². The van der Waals surface area contributed by atoms with E-state index in [4.69, 9.17) is 4.42 Å². The van der Waals surface area contributed by atoms with E-state index < -0.39 is 5.60 Å². The minimum Gasteiger partial charge on any atom is -0.463 e. The number of furan rings is 1. The maximum absolute atomic E-state index is 11.8. The van der Waals surface area contributed by atoms with Crippen molar-refractivity contribution in [2.45, 2.75) is 58.0 Å². The zero-order valence-electron chi connectivity index (χ0n) is 12.4. The molecule has 0 radical (unpaired) electrons. The molecule has 4 nitrogen and oxygen atoms in total. The second-order valence-electron chi connectivity index (χ2n) is 6.15. The van der Waals surface area contributed by atoms with Gasteiger partial charge in [0.1, 0.15) is 17.1 Å². The fourth-order valence-electron chi connectivity index (χ4n) is 2.80. The quantitative estimate of drug-likeness (QED) is 0.841. The van der Waals surface area contributed by atoms with Crippen LogP contribution in [0.1, 0.15) is 57.0 Å². The highest BCUT2D eigenvalue weighted by Crippen LogP contribution is 2.28. The van der Waals surface area contributed by atoms with Crippen LogP contribution in [-0.2, 0) is 10.4 Å². The predicted molar refractivity (Wildman–Crippen MR) is 77.2 cm³/mol. The van der Waals surface area contributed by atoms with Gasteiger partial charge in [-0.2, -0.15) is 0 Å². The molecule has 0 saturated heterocycles. The third-order valence-corrected chi connectivity index (χ3v) is 4.16. The number of hydrogen-bond acceptors (Lipinski definition) is 3. The summed E-state index contributed by atoms with van der Waals surface area (Å²) in [6.07, 6.45) is 6.65. The van der Waals surface area contributed by atoms with E-state index in [0.717, 1.165) is 12.2 Å². The second-order valence-corrected chi connectivity index (χ2v) is 6.15. The number of rotatable bonds is 6. The SMILES string of the molecule is Cc1ccc(C(C)(O)CNC(=O)CCC2CCCC2)o1. The first-order valence-corrected chi connectivity index (χ1v) is 7.53. The van der Waals surface area contributed by atoms with E-state index in [0.29, 0.717) is 18.1 Å². The van der Waals surface area contributed by atoms with Crippen LogP contribution in [0.2, 0.25) is 0 Å². The molecular weight excluding hydrogens is 254 g/mol. The van der Waals surface area contributed by atoms with Gasteiger partial charge in [0.25, 0.3) is 0 Å². The van der Waals surface area contributed by atoms with Gasteiger partial charge >= 0.3 is 0 Å². The van der Waals surface area contributed by atoms with Crippen molar-refractivity contribution < 1.29 is 14.3 Å². The van der Waals surface area contributed by atoms with Gasteiger partial charge in [-0.05, 0) is 38.3 Å². The molecule has 1 aromatic rings. The van der Waals surface area contributed by atoms with E-state index in [-0.39, 0.29) is 12.5 Å². The smallest absolute Gasteiger partial charge is 0.220 e. The molecule has 1 saturated carbocycles. The normalized spacial score (nSPS) is 18.9. The van der Waals surface area contributed by atoms with Gasteiger partial charge in [0.2, 0.25) is 5.91 Å². The van der Waals surface area contributed by atoms with Gasteiger partial charge in [-0.25, -0.2) is 0 Å². The lowest BCUT2D eigenvalue weighted by molar-refractivity contribution is -0.122. The van der Waals surface area contributed by atoms with E-state index in [1.165, 1.54) is 25.7 Å². The van der Waals surface area contributed by atoms with Gasteiger partial charge < -0.3 is 14.8 Å². The first-order chi connectivity index (χ1) is 9.47. The van der Waals surface area contributed by atoms with E-state index in [1.54, 1.807) is 13.0 Å². The summed E-state index contributed by atoms with van der Waals surface area (Å²) < 4.78 is 5.42. The van der Waals surface area contributed by atoms with Crippen molar-refractivity contribution in [3.63, 3.8) is 0 Å². The van der Waals surface area contributed by atoms with Gasteiger partial charge in [-0.15, -0.1) is 0 Å². The molecule has 2 N–H and O–H groups in total. The molecule has 1 aliphatic carbocycles. The van der Waals surface area contributed by atoms with Crippen molar-refractivity contribution in [3.05, 3.63) is 23.7 Å². The molecule has 20 heavy (non-hydrogen) atoms. The monoisotopic (exact) mass is 279 g/mol. The summed E-state index contributed by atoms with van der Waals surface area (Å²) in [5, 5.41) is 13.1. The molecule has 1 amide bonds. The van der Waals surface area contributed by atoms with Crippen molar-refractivity contribution in [1.29, 1.82) is 0 Å². The number of carbonyl (C=O) groups is 1. The van der Waals surface area contributed by atoms with Crippen LogP contribution in [0.25, 0.3) is 0 Å². The van der Waals surface area contributed by atoms with E-state index in [1.807, 2.05) is 13.0 Å². The molecule has 1 aliphatic rings. The highest BCUT2D eigenvalue weighted by molar-refractivity contribution is 5.75. The van der Waals surface area contributed by atoms with Gasteiger partial charge in [0, 0.05) is 6.42 Å². The molecule has 0 aromatic carbocycles. The Bertz CT molecular complexity index is 444.